The van der Waals surface area contributed by atoms with Gasteiger partial charge in [0, 0.05) is 18.7 Å². The smallest absolute Gasteiger partial charge is 0.388 e. The zero-order valence-corrected chi connectivity index (χ0v) is 15.1. The molecule has 3 aromatic rings. The van der Waals surface area contributed by atoms with Crippen LogP contribution >= 0.6 is 22.7 Å². The maximum atomic E-state index is 12.1. The number of pyridine rings is 1. The lowest BCUT2D eigenvalue weighted by Gasteiger charge is -2.06. The summed E-state index contributed by atoms with van der Waals surface area (Å²) in [6, 6.07) is 3.67. The van der Waals surface area contributed by atoms with Gasteiger partial charge in [-0.1, -0.05) is 11.3 Å². The van der Waals surface area contributed by atoms with E-state index >= 15 is 0 Å². The van der Waals surface area contributed by atoms with Gasteiger partial charge in [0.2, 0.25) is 0 Å². The lowest BCUT2D eigenvalue weighted by Crippen LogP contribution is -2.17. The van der Waals surface area contributed by atoms with Crippen LogP contribution in [0.25, 0.3) is 0 Å². The van der Waals surface area contributed by atoms with Crippen molar-refractivity contribution in [2.45, 2.75) is 13.5 Å². The number of ether oxygens (including phenoxy) is 2. The molecule has 130 valence electrons. The maximum Gasteiger partial charge on any atom is 0.420 e. The van der Waals surface area contributed by atoms with Gasteiger partial charge >= 0.3 is 6.09 Å². The summed E-state index contributed by atoms with van der Waals surface area (Å²) in [4.78, 5) is 24.6. The average molecular weight is 377 g/mol. The molecule has 0 spiro atoms. The second-order valence-electron chi connectivity index (χ2n) is 4.83. The summed E-state index contributed by atoms with van der Waals surface area (Å²) < 4.78 is 10.3. The molecule has 0 unspecified atom stereocenters. The molecule has 10 heteroatoms. The summed E-state index contributed by atoms with van der Waals surface area (Å²) in [6.07, 6.45) is 2.70. The fraction of sp³-hybridized carbons (Fsp3) is 0.200. The molecule has 1 amide bonds. The van der Waals surface area contributed by atoms with Crippen LogP contribution in [0.3, 0.4) is 0 Å². The van der Waals surface area contributed by atoms with E-state index in [4.69, 9.17) is 9.47 Å². The number of hydrogen-bond donors (Lipinski definition) is 2. The number of nitrogens with zero attached hydrogens (tertiary/aromatic N) is 3. The second-order valence-corrected chi connectivity index (χ2v) is 6.89. The molecular formula is C15H15N5O3S2. The number of amides is 1. The summed E-state index contributed by atoms with van der Waals surface area (Å²) in [5.41, 5.74) is 1.52. The van der Waals surface area contributed by atoms with Gasteiger partial charge in [-0.3, -0.25) is 10.3 Å². The van der Waals surface area contributed by atoms with Crippen molar-refractivity contribution in [1.29, 1.82) is 0 Å². The predicted molar refractivity (Wildman–Crippen MR) is 96.8 cm³/mol. The van der Waals surface area contributed by atoms with Gasteiger partial charge in [0.15, 0.2) is 10.1 Å². The van der Waals surface area contributed by atoms with Crippen LogP contribution in [0.2, 0.25) is 0 Å². The van der Waals surface area contributed by atoms with Crippen molar-refractivity contribution in [1.82, 2.24) is 15.0 Å². The van der Waals surface area contributed by atoms with Crippen molar-refractivity contribution < 1.29 is 14.3 Å². The number of carbonyl (C=O) groups is 1. The number of nitrogens with one attached hydrogen (secondary N) is 2. The van der Waals surface area contributed by atoms with Crippen molar-refractivity contribution in [3.8, 4) is 5.88 Å². The van der Waals surface area contributed by atoms with Gasteiger partial charge in [-0.05, 0) is 19.1 Å². The number of aryl methyl sites for hydroxylation is 1. The largest absolute Gasteiger partial charge is 0.420 e. The molecule has 3 heterocycles. The minimum Gasteiger partial charge on any atom is -0.388 e. The highest BCUT2D eigenvalue weighted by atomic mass is 32.1. The first-order valence-corrected chi connectivity index (χ1v) is 8.90. The Bertz CT molecular complexity index is 850. The number of methoxy groups -OCH3 is 1. The molecule has 0 aliphatic rings. The third kappa shape index (κ3) is 4.72. The third-order valence-corrected chi connectivity index (χ3v) is 4.54. The minimum atomic E-state index is -0.655. The molecular weight excluding hydrogens is 362 g/mol. The highest BCUT2D eigenvalue weighted by Gasteiger charge is 2.16. The highest BCUT2D eigenvalue weighted by Crippen LogP contribution is 2.33. The summed E-state index contributed by atoms with van der Waals surface area (Å²) in [7, 11) is 1.59. The molecule has 0 aliphatic heterocycles. The van der Waals surface area contributed by atoms with Gasteiger partial charge in [-0.25, -0.2) is 14.8 Å². The van der Waals surface area contributed by atoms with Gasteiger partial charge in [-0.2, -0.15) is 0 Å². The fourth-order valence-electron chi connectivity index (χ4n) is 1.90. The Balaban J connectivity index is 1.66. The van der Waals surface area contributed by atoms with Gasteiger partial charge in [0.05, 0.1) is 29.2 Å². The Morgan fingerprint density at radius 3 is 3.00 bits per heavy atom. The van der Waals surface area contributed by atoms with Crippen LogP contribution in [-0.4, -0.2) is 28.2 Å². The van der Waals surface area contributed by atoms with E-state index in [9.17, 15) is 4.79 Å². The van der Waals surface area contributed by atoms with Crippen LogP contribution in [0.15, 0.2) is 29.9 Å². The Morgan fingerprint density at radius 2 is 2.24 bits per heavy atom. The number of rotatable bonds is 6. The molecule has 8 nitrogen and oxygen atoms in total. The molecule has 0 saturated carbocycles. The van der Waals surface area contributed by atoms with E-state index in [1.54, 1.807) is 19.5 Å². The van der Waals surface area contributed by atoms with E-state index in [1.807, 2.05) is 24.4 Å². The van der Waals surface area contributed by atoms with E-state index in [1.165, 1.54) is 22.7 Å². The summed E-state index contributed by atoms with van der Waals surface area (Å²) in [6.45, 7) is 2.22. The first-order valence-electron chi connectivity index (χ1n) is 7.20. The standard InChI is InChI=1S/C15H15N5O3S2/c1-9-17-12(13(25-9)18-10-4-3-5-16-6-10)23-15(21)20-14-19-11(7-22-2)8-24-14/h3-6,8,18H,7H2,1-2H3,(H,19,20,21). The summed E-state index contributed by atoms with van der Waals surface area (Å²) in [5.74, 6) is 0.206. The van der Waals surface area contributed by atoms with Gasteiger partial charge in [0.1, 0.15) is 0 Å². The lowest BCUT2D eigenvalue weighted by molar-refractivity contribution is 0.182. The van der Waals surface area contributed by atoms with Crippen molar-refractivity contribution in [3.63, 3.8) is 0 Å². The minimum absolute atomic E-state index is 0.206. The molecule has 0 fully saturated rings. The van der Waals surface area contributed by atoms with E-state index in [2.05, 4.69) is 25.6 Å². The zero-order chi connectivity index (χ0) is 17.6. The summed E-state index contributed by atoms with van der Waals surface area (Å²) >= 11 is 2.68. The van der Waals surface area contributed by atoms with E-state index < -0.39 is 6.09 Å². The van der Waals surface area contributed by atoms with Crippen molar-refractivity contribution >= 4 is 44.6 Å². The SMILES string of the molecule is COCc1csc(NC(=O)Oc2nc(C)sc2Nc2cccnc2)n1. The molecule has 0 aliphatic carbocycles. The summed E-state index contributed by atoms with van der Waals surface area (Å²) in [5, 5.41) is 9.36. The van der Waals surface area contributed by atoms with Gasteiger partial charge in [0.25, 0.3) is 5.88 Å². The molecule has 0 radical (unpaired) electrons. The third-order valence-electron chi connectivity index (χ3n) is 2.86. The van der Waals surface area contributed by atoms with Crippen LogP contribution < -0.4 is 15.4 Å². The average Bonchev–Trinajstić information content (AvgIpc) is 3.15. The Kier molecular flexibility index (Phi) is 5.53. The second kappa shape index (κ2) is 8.01. The van der Waals surface area contributed by atoms with Gasteiger partial charge in [-0.15, -0.1) is 11.3 Å². The Morgan fingerprint density at radius 1 is 1.36 bits per heavy atom. The Hall–Kier alpha value is -2.56. The van der Waals surface area contributed by atoms with E-state index in [0.717, 1.165) is 16.4 Å². The van der Waals surface area contributed by atoms with E-state index in [-0.39, 0.29) is 5.88 Å². The number of anilines is 3. The van der Waals surface area contributed by atoms with Crippen molar-refractivity contribution in [2.24, 2.45) is 0 Å². The topological polar surface area (TPSA) is 98.3 Å². The molecule has 3 rings (SSSR count). The number of aromatic nitrogens is 3. The maximum absolute atomic E-state index is 12.1. The quantitative estimate of drug-likeness (QED) is 0.674. The molecule has 2 N–H and O–H groups in total. The van der Waals surface area contributed by atoms with Crippen molar-refractivity contribution in [2.75, 3.05) is 17.7 Å². The number of carbonyl (C=O) groups excluding carboxylic acids is 1. The molecule has 0 aromatic carbocycles. The van der Waals surface area contributed by atoms with Crippen LogP contribution in [0.5, 0.6) is 5.88 Å². The normalized spacial score (nSPS) is 10.5. The molecule has 25 heavy (non-hydrogen) atoms. The monoisotopic (exact) mass is 377 g/mol. The number of thiazole rings is 2. The fourth-order valence-corrected chi connectivity index (χ4v) is 3.35. The first kappa shape index (κ1) is 17.3. The molecule has 0 saturated heterocycles. The van der Waals surface area contributed by atoms with Crippen LogP contribution in [0, 0.1) is 6.92 Å². The lowest BCUT2D eigenvalue weighted by atomic mass is 10.4. The van der Waals surface area contributed by atoms with Crippen molar-refractivity contribution in [3.05, 3.63) is 40.6 Å². The highest BCUT2D eigenvalue weighted by molar-refractivity contribution is 7.16. The Labute approximate surface area is 151 Å². The molecule has 3 aromatic heterocycles. The predicted octanol–water partition coefficient (Wildman–Crippen LogP) is 3.80. The van der Waals surface area contributed by atoms with E-state index in [0.29, 0.717) is 16.7 Å². The van der Waals surface area contributed by atoms with Crippen LogP contribution in [-0.2, 0) is 11.3 Å². The van der Waals surface area contributed by atoms with Crippen LogP contribution in [0.1, 0.15) is 10.7 Å². The zero-order valence-electron chi connectivity index (χ0n) is 13.5. The number of hydrogen-bond acceptors (Lipinski definition) is 9. The first-order chi connectivity index (χ1) is 12.1. The van der Waals surface area contributed by atoms with Crippen LogP contribution in [0.4, 0.5) is 20.6 Å². The molecule has 0 atom stereocenters. The van der Waals surface area contributed by atoms with Gasteiger partial charge < -0.3 is 14.8 Å². The molecule has 0 bridgehead atoms.